The van der Waals surface area contributed by atoms with Crippen molar-refractivity contribution in [1.29, 1.82) is 0 Å². The molecule has 0 aromatic carbocycles. The topological polar surface area (TPSA) is 60.9 Å². The van der Waals surface area contributed by atoms with Gasteiger partial charge in [0.1, 0.15) is 4.21 Å². The summed E-state index contributed by atoms with van der Waals surface area (Å²) >= 11 is 1.19. The van der Waals surface area contributed by atoms with Crippen LogP contribution in [0, 0.1) is 0 Å². The molecule has 1 aliphatic carbocycles. The Morgan fingerprint density at radius 3 is 2.14 bits per heavy atom. The normalized spacial score (nSPS) is 23.8. The van der Waals surface area contributed by atoms with Crippen molar-refractivity contribution in [2.45, 2.75) is 68.0 Å². The standard InChI is InChI=1S/C21H33N3O3S2/c25-21(23-10-6-1-2-7-11-23)18-16-20(28-17-18)29(26,27)24-14-12-22(13-15-24)19-8-4-3-5-9-19/h16-17,19H,1-15H2. The Bertz CT molecular complexity index is 786. The van der Waals surface area contributed by atoms with Gasteiger partial charge < -0.3 is 4.90 Å². The molecule has 1 amide bonds. The molecule has 162 valence electrons. The number of piperazine rings is 1. The lowest BCUT2D eigenvalue weighted by Crippen LogP contribution is -2.52. The van der Waals surface area contributed by atoms with Crippen LogP contribution in [0.1, 0.15) is 68.1 Å². The largest absolute Gasteiger partial charge is 0.339 e. The third-order valence-electron chi connectivity index (χ3n) is 6.67. The first-order valence-corrected chi connectivity index (χ1v) is 13.5. The van der Waals surface area contributed by atoms with Crippen molar-refractivity contribution >= 4 is 27.3 Å². The molecule has 1 aromatic heterocycles. The highest BCUT2D eigenvalue weighted by molar-refractivity contribution is 7.91. The first kappa shape index (κ1) is 21.3. The van der Waals surface area contributed by atoms with Crippen molar-refractivity contribution in [3.8, 4) is 0 Å². The molecule has 6 nitrogen and oxygen atoms in total. The second kappa shape index (κ2) is 9.45. The molecule has 2 saturated heterocycles. The van der Waals surface area contributed by atoms with Crippen LogP contribution in [0.5, 0.6) is 0 Å². The summed E-state index contributed by atoms with van der Waals surface area (Å²) in [7, 11) is -3.51. The second-order valence-corrected chi connectivity index (χ2v) is 11.7. The molecule has 8 heteroatoms. The smallest absolute Gasteiger partial charge is 0.254 e. The molecular weight excluding hydrogens is 406 g/mol. The van der Waals surface area contributed by atoms with Crippen LogP contribution in [0.2, 0.25) is 0 Å². The molecule has 4 rings (SSSR count). The Morgan fingerprint density at radius 1 is 0.862 bits per heavy atom. The van der Waals surface area contributed by atoms with Crippen molar-refractivity contribution in [1.82, 2.24) is 14.1 Å². The van der Waals surface area contributed by atoms with Crippen molar-refractivity contribution in [3.05, 3.63) is 17.0 Å². The third kappa shape index (κ3) is 4.86. The number of likely N-dealkylation sites (tertiary alicyclic amines) is 1. The van der Waals surface area contributed by atoms with Gasteiger partial charge in [-0.15, -0.1) is 11.3 Å². The van der Waals surface area contributed by atoms with Gasteiger partial charge in [0.05, 0.1) is 5.56 Å². The molecule has 0 unspecified atom stereocenters. The fraction of sp³-hybridized carbons (Fsp3) is 0.762. The number of hydrogen-bond acceptors (Lipinski definition) is 5. The van der Waals surface area contributed by atoms with Crippen molar-refractivity contribution in [2.24, 2.45) is 0 Å². The van der Waals surface area contributed by atoms with Crippen LogP contribution in [0.3, 0.4) is 0 Å². The Labute approximate surface area is 178 Å². The summed E-state index contributed by atoms with van der Waals surface area (Å²) in [6.07, 6.45) is 10.8. The van der Waals surface area contributed by atoms with Crippen LogP contribution in [-0.2, 0) is 10.0 Å². The van der Waals surface area contributed by atoms with E-state index in [4.69, 9.17) is 0 Å². The molecule has 1 aromatic rings. The first-order chi connectivity index (χ1) is 14.1. The molecule has 0 spiro atoms. The van der Waals surface area contributed by atoms with E-state index in [9.17, 15) is 13.2 Å². The van der Waals surface area contributed by atoms with E-state index in [1.807, 2.05) is 4.90 Å². The van der Waals surface area contributed by atoms with Gasteiger partial charge in [0.15, 0.2) is 0 Å². The molecule has 3 aliphatic rings. The van der Waals surface area contributed by atoms with Crippen molar-refractivity contribution < 1.29 is 13.2 Å². The number of nitrogens with zero attached hydrogens (tertiary/aromatic N) is 3. The zero-order chi connectivity index (χ0) is 20.3. The number of carbonyl (C=O) groups is 1. The van der Waals surface area contributed by atoms with Crippen LogP contribution in [0.4, 0.5) is 0 Å². The molecule has 2 aliphatic heterocycles. The number of amides is 1. The molecule has 0 bridgehead atoms. The Hall–Kier alpha value is -0.960. The molecular formula is C21H33N3O3S2. The van der Waals surface area contributed by atoms with Crippen LogP contribution < -0.4 is 0 Å². The number of thiophene rings is 1. The lowest BCUT2D eigenvalue weighted by Gasteiger charge is -2.40. The zero-order valence-electron chi connectivity index (χ0n) is 17.2. The lowest BCUT2D eigenvalue weighted by molar-refractivity contribution is 0.0762. The predicted molar refractivity (Wildman–Crippen MR) is 116 cm³/mol. The Kier molecular flexibility index (Phi) is 6.94. The molecule has 3 fully saturated rings. The van der Waals surface area contributed by atoms with Crippen molar-refractivity contribution in [3.63, 3.8) is 0 Å². The van der Waals surface area contributed by atoms with Gasteiger partial charge >= 0.3 is 0 Å². The summed E-state index contributed by atoms with van der Waals surface area (Å²) in [5, 5.41) is 1.72. The number of sulfonamides is 1. The number of rotatable bonds is 4. The van der Waals surface area contributed by atoms with Crippen LogP contribution in [0.25, 0.3) is 0 Å². The van der Waals surface area contributed by atoms with Gasteiger partial charge in [0, 0.05) is 50.7 Å². The lowest BCUT2D eigenvalue weighted by atomic mass is 9.94. The van der Waals surface area contributed by atoms with Gasteiger partial charge in [-0.25, -0.2) is 8.42 Å². The predicted octanol–water partition coefficient (Wildman–Crippen LogP) is 3.40. The van der Waals surface area contributed by atoms with E-state index in [-0.39, 0.29) is 5.91 Å². The van der Waals surface area contributed by atoms with Gasteiger partial charge in [-0.05, 0) is 31.7 Å². The van der Waals surface area contributed by atoms with E-state index in [0.29, 0.717) is 28.9 Å². The van der Waals surface area contributed by atoms with E-state index in [0.717, 1.165) is 39.0 Å². The number of carbonyl (C=O) groups excluding carboxylic acids is 1. The van der Waals surface area contributed by atoms with E-state index >= 15 is 0 Å². The van der Waals surface area contributed by atoms with E-state index < -0.39 is 10.0 Å². The van der Waals surface area contributed by atoms with Gasteiger partial charge in [0.25, 0.3) is 15.9 Å². The maximum atomic E-state index is 13.1. The quantitative estimate of drug-likeness (QED) is 0.721. The maximum absolute atomic E-state index is 13.1. The second-order valence-electron chi connectivity index (χ2n) is 8.59. The Morgan fingerprint density at radius 2 is 1.48 bits per heavy atom. The minimum Gasteiger partial charge on any atom is -0.339 e. The fourth-order valence-corrected chi connectivity index (χ4v) is 7.63. The fourth-order valence-electron chi connectivity index (χ4n) is 4.90. The van der Waals surface area contributed by atoms with Gasteiger partial charge in [-0.2, -0.15) is 4.31 Å². The first-order valence-electron chi connectivity index (χ1n) is 11.2. The van der Waals surface area contributed by atoms with Crippen LogP contribution in [0.15, 0.2) is 15.7 Å². The average molecular weight is 440 g/mol. The van der Waals surface area contributed by atoms with Gasteiger partial charge in [-0.3, -0.25) is 9.69 Å². The molecule has 0 N–H and O–H groups in total. The molecule has 1 saturated carbocycles. The summed E-state index contributed by atoms with van der Waals surface area (Å²) in [5.41, 5.74) is 0.524. The average Bonchev–Trinajstić information content (AvgIpc) is 3.11. The molecule has 0 atom stereocenters. The van der Waals surface area contributed by atoms with Crippen LogP contribution >= 0.6 is 11.3 Å². The van der Waals surface area contributed by atoms with Gasteiger partial charge in [-0.1, -0.05) is 32.1 Å². The summed E-state index contributed by atoms with van der Waals surface area (Å²) in [5.74, 6) is -0.0216. The minimum absolute atomic E-state index is 0.0216. The van der Waals surface area contributed by atoms with E-state index in [1.54, 1.807) is 15.8 Å². The summed E-state index contributed by atoms with van der Waals surface area (Å²) in [4.78, 5) is 17.2. The van der Waals surface area contributed by atoms with E-state index in [1.165, 1.54) is 56.3 Å². The summed E-state index contributed by atoms with van der Waals surface area (Å²) in [6, 6.07) is 2.23. The highest BCUT2D eigenvalue weighted by Crippen LogP contribution is 2.28. The maximum Gasteiger partial charge on any atom is 0.254 e. The third-order valence-corrected chi connectivity index (χ3v) is 9.99. The number of hydrogen-bond donors (Lipinski definition) is 0. The Balaban J connectivity index is 1.38. The van der Waals surface area contributed by atoms with Gasteiger partial charge in [0.2, 0.25) is 0 Å². The monoisotopic (exact) mass is 439 g/mol. The summed E-state index contributed by atoms with van der Waals surface area (Å²) < 4.78 is 28.2. The SMILES string of the molecule is O=C(c1csc(S(=O)(=O)N2CCN(C3CCCCC3)CC2)c1)N1CCCCCC1. The minimum atomic E-state index is -3.51. The van der Waals surface area contributed by atoms with Crippen LogP contribution in [-0.4, -0.2) is 73.7 Å². The summed E-state index contributed by atoms with van der Waals surface area (Å²) in [6.45, 7) is 4.28. The molecule has 3 heterocycles. The van der Waals surface area contributed by atoms with E-state index in [2.05, 4.69) is 4.90 Å². The highest BCUT2D eigenvalue weighted by atomic mass is 32.2. The molecule has 0 radical (unpaired) electrons. The molecule has 29 heavy (non-hydrogen) atoms. The zero-order valence-corrected chi connectivity index (χ0v) is 18.9. The highest BCUT2D eigenvalue weighted by Gasteiger charge is 2.33. The van der Waals surface area contributed by atoms with Crippen molar-refractivity contribution in [2.75, 3.05) is 39.3 Å².